The van der Waals surface area contributed by atoms with Crippen LogP contribution in [0.2, 0.25) is 0 Å². The zero-order valence-electron chi connectivity index (χ0n) is 12.5. The number of carbonyl (C=O) groups is 1. The van der Waals surface area contributed by atoms with Crippen LogP contribution in [0.1, 0.15) is 33.6 Å². The number of rotatable bonds is 5. The topological polar surface area (TPSA) is 41.6 Å². The normalized spacial score (nSPS) is 23.4. The molecule has 0 aliphatic carbocycles. The van der Waals surface area contributed by atoms with Gasteiger partial charge in [0.15, 0.2) is 0 Å². The van der Waals surface area contributed by atoms with E-state index < -0.39 is 0 Å². The minimum absolute atomic E-state index is 0.0927. The Kier molecular flexibility index (Phi) is 5.60. The Hall–Kier alpha value is -0.610. The van der Waals surface area contributed by atoms with Gasteiger partial charge in [-0.05, 0) is 45.3 Å². The molecule has 1 N–H and O–H groups in total. The van der Waals surface area contributed by atoms with Crippen molar-refractivity contribution >= 4 is 5.97 Å². The largest absolute Gasteiger partial charge is 0.469 e. The van der Waals surface area contributed by atoms with Crippen LogP contribution >= 0.6 is 0 Å². The molecule has 0 saturated carbocycles. The van der Waals surface area contributed by atoms with Gasteiger partial charge in [-0.3, -0.25) is 4.79 Å². The van der Waals surface area contributed by atoms with Crippen LogP contribution in [0.25, 0.3) is 0 Å². The van der Waals surface area contributed by atoms with Gasteiger partial charge < -0.3 is 15.0 Å². The summed E-state index contributed by atoms with van der Waals surface area (Å²) in [5.41, 5.74) is 0.358. The summed E-state index contributed by atoms with van der Waals surface area (Å²) >= 11 is 0. The molecule has 0 amide bonds. The predicted octanol–water partition coefficient (Wildman–Crippen LogP) is 1.51. The molecule has 1 aliphatic heterocycles. The van der Waals surface area contributed by atoms with Crippen molar-refractivity contribution in [3.8, 4) is 0 Å². The van der Waals surface area contributed by atoms with Crippen molar-refractivity contribution in [2.45, 2.75) is 39.7 Å². The third kappa shape index (κ3) is 4.25. The number of nitrogens with zero attached hydrogens (tertiary/aromatic N) is 1. The number of esters is 1. The molecular formula is C14H28N2O2. The summed E-state index contributed by atoms with van der Waals surface area (Å²) in [6, 6.07) is 0.161. The van der Waals surface area contributed by atoms with E-state index in [0.717, 1.165) is 6.54 Å². The lowest BCUT2D eigenvalue weighted by Gasteiger charge is -2.39. The second kappa shape index (κ2) is 6.53. The number of piperidine rings is 1. The molecule has 1 heterocycles. The van der Waals surface area contributed by atoms with E-state index in [9.17, 15) is 4.79 Å². The van der Waals surface area contributed by atoms with Crippen LogP contribution in [-0.2, 0) is 9.53 Å². The van der Waals surface area contributed by atoms with E-state index in [0.29, 0.717) is 5.41 Å². The first-order chi connectivity index (χ1) is 8.38. The van der Waals surface area contributed by atoms with Crippen LogP contribution in [0.3, 0.4) is 0 Å². The van der Waals surface area contributed by atoms with Crippen molar-refractivity contribution in [2.75, 3.05) is 33.8 Å². The second-order valence-electron chi connectivity index (χ2n) is 6.10. The van der Waals surface area contributed by atoms with Gasteiger partial charge in [-0.25, -0.2) is 0 Å². The number of hydrogen-bond donors (Lipinski definition) is 1. The third-order valence-electron chi connectivity index (χ3n) is 4.37. The fourth-order valence-corrected chi connectivity index (χ4v) is 2.31. The maximum absolute atomic E-state index is 11.5. The summed E-state index contributed by atoms with van der Waals surface area (Å²) in [5.74, 6) is -0.228. The molecule has 1 rings (SSSR count). The first-order valence-electron chi connectivity index (χ1n) is 6.88. The quantitative estimate of drug-likeness (QED) is 0.757. The summed E-state index contributed by atoms with van der Waals surface area (Å²) in [6.45, 7) is 9.62. The number of ether oxygens (including phenoxy) is 1. The maximum Gasteiger partial charge on any atom is 0.309 e. The highest BCUT2D eigenvalue weighted by Crippen LogP contribution is 2.29. The van der Waals surface area contributed by atoms with Gasteiger partial charge in [0.1, 0.15) is 0 Å². The van der Waals surface area contributed by atoms with E-state index in [4.69, 9.17) is 4.74 Å². The van der Waals surface area contributed by atoms with Crippen LogP contribution in [0.4, 0.5) is 0 Å². The molecule has 2 unspecified atom stereocenters. The van der Waals surface area contributed by atoms with E-state index >= 15 is 0 Å². The summed E-state index contributed by atoms with van der Waals surface area (Å²) in [4.78, 5) is 13.8. The van der Waals surface area contributed by atoms with Gasteiger partial charge in [0.05, 0.1) is 13.0 Å². The lowest BCUT2D eigenvalue weighted by molar-refractivity contribution is -0.145. The van der Waals surface area contributed by atoms with Gasteiger partial charge in [0.25, 0.3) is 0 Å². The minimum atomic E-state index is -0.136. The molecule has 2 atom stereocenters. The average Bonchev–Trinajstić information content (AvgIpc) is 2.38. The highest BCUT2D eigenvalue weighted by molar-refractivity contribution is 5.72. The summed E-state index contributed by atoms with van der Waals surface area (Å²) in [5, 5.41) is 3.50. The molecule has 4 heteroatoms. The van der Waals surface area contributed by atoms with Crippen molar-refractivity contribution in [3.05, 3.63) is 0 Å². The van der Waals surface area contributed by atoms with E-state index in [1.807, 2.05) is 6.92 Å². The van der Waals surface area contributed by atoms with Gasteiger partial charge in [-0.15, -0.1) is 0 Å². The third-order valence-corrected chi connectivity index (χ3v) is 4.37. The Labute approximate surface area is 111 Å². The highest BCUT2D eigenvalue weighted by Gasteiger charge is 2.30. The van der Waals surface area contributed by atoms with Gasteiger partial charge >= 0.3 is 5.97 Å². The fraction of sp³-hybridized carbons (Fsp3) is 0.929. The molecule has 0 aromatic carbocycles. The number of carbonyl (C=O) groups excluding carboxylic acids is 1. The highest BCUT2D eigenvalue weighted by atomic mass is 16.5. The zero-order valence-corrected chi connectivity index (χ0v) is 12.5. The molecule has 4 nitrogen and oxygen atoms in total. The SMILES string of the molecule is COC(=O)C(C)C(C)NCC1(C)CCN(C)CC1. The lowest BCUT2D eigenvalue weighted by Crippen LogP contribution is -2.46. The van der Waals surface area contributed by atoms with Crippen molar-refractivity contribution < 1.29 is 9.53 Å². The molecule has 1 fully saturated rings. The van der Waals surface area contributed by atoms with Crippen molar-refractivity contribution in [3.63, 3.8) is 0 Å². The fourth-order valence-electron chi connectivity index (χ4n) is 2.31. The number of nitrogens with one attached hydrogen (secondary N) is 1. The van der Waals surface area contributed by atoms with Gasteiger partial charge in [0.2, 0.25) is 0 Å². The summed E-state index contributed by atoms with van der Waals surface area (Å²) in [6.07, 6.45) is 2.44. The van der Waals surface area contributed by atoms with Crippen LogP contribution in [0.5, 0.6) is 0 Å². The lowest BCUT2D eigenvalue weighted by atomic mass is 9.80. The van der Waals surface area contributed by atoms with Gasteiger partial charge in [0, 0.05) is 12.6 Å². The molecule has 0 aromatic heterocycles. The Morgan fingerprint density at radius 3 is 2.44 bits per heavy atom. The molecule has 0 bridgehead atoms. The van der Waals surface area contributed by atoms with Gasteiger partial charge in [-0.1, -0.05) is 13.8 Å². The Morgan fingerprint density at radius 2 is 1.94 bits per heavy atom. The molecule has 18 heavy (non-hydrogen) atoms. The van der Waals surface area contributed by atoms with Gasteiger partial charge in [-0.2, -0.15) is 0 Å². The molecule has 0 spiro atoms. The zero-order chi connectivity index (χ0) is 13.8. The van der Waals surface area contributed by atoms with E-state index in [1.54, 1.807) is 0 Å². The maximum atomic E-state index is 11.5. The molecule has 106 valence electrons. The second-order valence-corrected chi connectivity index (χ2v) is 6.10. The Balaban J connectivity index is 2.37. The van der Waals surface area contributed by atoms with Crippen LogP contribution in [-0.4, -0.2) is 50.7 Å². The van der Waals surface area contributed by atoms with E-state index in [1.165, 1.54) is 33.0 Å². The predicted molar refractivity (Wildman–Crippen MR) is 73.5 cm³/mol. The monoisotopic (exact) mass is 256 g/mol. The molecule has 1 aliphatic rings. The molecule has 1 saturated heterocycles. The molecular weight excluding hydrogens is 228 g/mol. The first-order valence-corrected chi connectivity index (χ1v) is 6.88. The average molecular weight is 256 g/mol. The van der Waals surface area contributed by atoms with Crippen molar-refractivity contribution in [2.24, 2.45) is 11.3 Å². The Morgan fingerprint density at radius 1 is 1.39 bits per heavy atom. The summed E-state index contributed by atoms with van der Waals surface area (Å²) < 4.78 is 4.78. The standard InChI is InChI=1S/C14H28N2O2/c1-11(13(17)18-5)12(2)15-10-14(3)6-8-16(4)9-7-14/h11-12,15H,6-10H2,1-5H3. The molecule has 0 radical (unpaired) electrons. The van der Waals surface area contributed by atoms with Crippen LogP contribution in [0.15, 0.2) is 0 Å². The van der Waals surface area contributed by atoms with Crippen LogP contribution in [0, 0.1) is 11.3 Å². The Bertz CT molecular complexity index is 273. The van der Waals surface area contributed by atoms with E-state index in [-0.39, 0.29) is 17.9 Å². The smallest absolute Gasteiger partial charge is 0.309 e. The number of hydrogen-bond acceptors (Lipinski definition) is 4. The van der Waals surface area contributed by atoms with Crippen molar-refractivity contribution in [1.82, 2.24) is 10.2 Å². The van der Waals surface area contributed by atoms with E-state index in [2.05, 4.69) is 31.1 Å². The van der Waals surface area contributed by atoms with Crippen molar-refractivity contribution in [1.29, 1.82) is 0 Å². The summed E-state index contributed by atoms with van der Waals surface area (Å²) in [7, 11) is 3.62. The number of methoxy groups -OCH3 is 1. The minimum Gasteiger partial charge on any atom is -0.469 e. The first kappa shape index (κ1) is 15.4. The number of likely N-dealkylation sites (tertiary alicyclic amines) is 1. The van der Waals surface area contributed by atoms with Crippen LogP contribution < -0.4 is 5.32 Å². The molecule has 0 aromatic rings.